The van der Waals surface area contributed by atoms with Crippen LogP contribution in [0.25, 0.3) is 0 Å². The molecule has 67 heavy (non-hydrogen) atoms. The van der Waals surface area contributed by atoms with Crippen molar-refractivity contribution in [3.05, 3.63) is 0 Å². The zero-order chi connectivity index (χ0) is 53.3. The second-order valence-corrected chi connectivity index (χ2v) is 18.5. The molecule has 0 aliphatic rings. The minimum atomic E-state index is -1.15. The van der Waals surface area contributed by atoms with Gasteiger partial charge in [0.1, 0.15) is 53.1 Å². The average molecular weight is 1030 g/mol. The highest BCUT2D eigenvalue weighted by Crippen LogP contribution is 2.08. The van der Waals surface area contributed by atoms with Crippen LogP contribution in [0.15, 0.2) is 0 Å². The minimum absolute atomic E-state index is 0.0160. The van der Waals surface area contributed by atoms with E-state index >= 15 is 0 Å². The van der Waals surface area contributed by atoms with Crippen LogP contribution >= 0.6 is 15.9 Å². The van der Waals surface area contributed by atoms with Crippen molar-refractivity contribution in [2.45, 2.75) is 176 Å². The molecule has 392 valence electrons. The van der Waals surface area contributed by atoms with E-state index in [0.717, 1.165) is 18.2 Å². The third kappa shape index (κ3) is 43.3. The minimum Gasteiger partial charge on any atom is -0.480 e. The number of carboxylic acids is 1. The Bertz CT molecular complexity index is 1440. The molecule has 0 aliphatic heterocycles. The smallest absolute Gasteiger partial charge is 0.408 e. The van der Waals surface area contributed by atoms with E-state index in [1.54, 1.807) is 69.2 Å². The van der Waals surface area contributed by atoms with Gasteiger partial charge in [-0.15, -0.1) is 0 Å². The molecular weight excluding hydrogens is 950 g/mol. The SMILES string of the molecule is C[C@H](NC(=O)OC(C)(C)C)C(=O)N[C@@H](C)C(=O)NCCCBr.C[C@H](NC(=O)OC(C)(C)C)C(=O)N[C@@H](C)C(=O)NCCCO.C[C@H](NC(=O)[C@H](C)NC(=O)OC(C)(C)C)C(=O)O.NCCCO. The summed E-state index contributed by atoms with van der Waals surface area (Å²) in [6, 6.07) is -4.93. The number of aliphatic hydroxyl groups is 2. The molecule has 6 atom stereocenters. The maximum atomic E-state index is 11.9. The van der Waals surface area contributed by atoms with Crippen molar-refractivity contribution in [2.24, 2.45) is 5.73 Å². The second kappa shape index (κ2) is 36.1. The molecule has 0 rings (SSSR count). The number of alkyl halides is 1. The van der Waals surface area contributed by atoms with E-state index in [1.807, 2.05) is 0 Å². The number of aliphatic hydroxyl groups excluding tert-OH is 2. The van der Waals surface area contributed by atoms with Gasteiger partial charge in [0, 0.05) is 31.6 Å². The summed E-state index contributed by atoms with van der Waals surface area (Å²) >= 11 is 3.27. The number of alkyl carbamates (subject to hydrolysis) is 3. The fraction of sp³-hybridized carbons (Fsp3) is 0.786. The van der Waals surface area contributed by atoms with Gasteiger partial charge < -0.3 is 77.8 Å². The Labute approximate surface area is 404 Å². The van der Waals surface area contributed by atoms with E-state index in [-0.39, 0.29) is 25.0 Å². The molecule has 0 saturated carbocycles. The first-order valence-electron chi connectivity index (χ1n) is 21.7. The van der Waals surface area contributed by atoms with Crippen molar-refractivity contribution in [2.75, 3.05) is 38.2 Å². The molecule has 0 aromatic rings. The highest BCUT2D eigenvalue weighted by Gasteiger charge is 2.26. The summed E-state index contributed by atoms with van der Waals surface area (Å²) in [5.41, 5.74) is 3.03. The Kier molecular flexibility index (Phi) is 36.9. The third-order valence-electron chi connectivity index (χ3n) is 7.22. The Morgan fingerprint density at radius 2 is 0.731 bits per heavy atom. The quantitative estimate of drug-likeness (QED) is 0.0460. The van der Waals surface area contributed by atoms with Gasteiger partial charge in [0.2, 0.25) is 29.5 Å². The van der Waals surface area contributed by atoms with Crippen LogP contribution in [0.4, 0.5) is 14.4 Å². The van der Waals surface area contributed by atoms with Crippen molar-refractivity contribution < 1.29 is 72.7 Å². The van der Waals surface area contributed by atoms with Crippen molar-refractivity contribution >= 4 is 69.7 Å². The summed E-state index contributed by atoms with van der Waals surface area (Å²) in [6.45, 7) is 26.0. The lowest BCUT2D eigenvalue weighted by Gasteiger charge is -2.22. The van der Waals surface area contributed by atoms with Gasteiger partial charge >= 0.3 is 24.2 Å². The van der Waals surface area contributed by atoms with Crippen LogP contribution in [-0.2, 0) is 43.0 Å². The average Bonchev–Trinajstić information content (AvgIpc) is 3.16. The molecule has 13 N–H and O–H groups in total. The molecule has 0 radical (unpaired) electrons. The normalized spacial score (nSPS) is 13.5. The number of ether oxygens (including phenoxy) is 3. The Morgan fingerprint density at radius 1 is 0.463 bits per heavy atom. The summed E-state index contributed by atoms with van der Waals surface area (Å²) in [4.78, 5) is 104. The lowest BCUT2D eigenvalue weighted by Crippen LogP contribution is -2.52. The summed E-state index contributed by atoms with van der Waals surface area (Å²) < 4.78 is 15.1. The summed E-state index contributed by atoms with van der Waals surface area (Å²) in [6.07, 6.45) is -0.126. The van der Waals surface area contributed by atoms with Crippen molar-refractivity contribution in [3.63, 3.8) is 0 Å². The molecule has 0 aliphatic carbocycles. The second-order valence-electron chi connectivity index (χ2n) is 17.7. The van der Waals surface area contributed by atoms with Crippen LogP contribution in [0, 0.1) is 0 Å². The third-order valence-corrected chi connectivity index (χ3v) is 7.78. The Morgan fingerprint density at radius 3 is 0.955 bits per heavy atom. The predicted molar refractivity (Wildman–Crippen MR) is 254 cm³/mol. The molecule has 24 nitrogen and oxygen atoms in total. The highest BCUT2D eigenvalue weighted by atomic mass is 79.9. The molecule has 25 heteroatoms. The maximum Gasteiger partial charge on any atom is 0.408 e. The Hall–Kier alpha value is -5.01. The molecule has 0 aromatic heterocycles. The van der Waals surface area contributed by atoms with Crippen molar-refractivity contribution in [3.8, 4) is 0 Å². The van der Waals surface area contributed by atoms with E-state index in [0.29, 0.717) is 26.1 Å². The van der Waals surface area contributed by atoms with E-state index in [4.69, 9.17) is 35.3 Å². The number of amides is 8. The van der Waals surface area contributed by atoms with E-state index in [1.165, 1.54) is 34.6 Å². The van der Waals surface area contributed by atoms with E-state index < -0.39 is 95.0 Å². The van der Waals surface area contributed by atoms with Crippen LogP contribution in [0.2, 0.25) is 0 Å². The fourth-order valence-corrected chi connectivity index (χ4v) is 4.10. The lowest BCUT2D eigenvalue weighted by atomic mass is 10.2. The molecule has 0 unspecified atom stereocenters. The molecule has 0 heterocycles. The number of rotatable bonds is 20. The van der Waals surface area contributed by atoms with Gasteiger partial charge in [-0.05, 0) is 130 Å². The summed E-state index contributed by atoms with van der Waals surface area (Å²) in [7, 11) is 0. The molecule has 0 saturated heterocycles. The fourth-order valence-electron chi connectivity index (χ4n) is 3.82. The predicted octanol–water partition coefficient (Wildman–Crippen LogP) is 1.02. The number of aliphatic carboxylic acids is 1. The number of carbonyl (C=O) groups is 9. The molecule has 0 bridgehead atoms. The van der Waals surface area contributed by atoms with Gasteiger partial charge in [-0.1, -0.05) is 15.9 Å². The van der Waals surface area contributed by atoms with E-state index in [2.05, 4.69) is 58.5 Å². The number of halogens is 1. The monoisotopic (exact) mass is 1030 g/mol. The van der Waals surface area contributed by atoms with Crippen LogP contribution in [0.3, 0.4) is 0 Å². The van der Waals surface area contributed by atoms with Gasteiger partial charge in [0.15, 0.2) is 0 Å². The largest absolute Gasteiger partial charge is 0.480 e. The number of carbonyl (C=O) groups excluding carboxylic acids is 8. The first-order chi connectivity index (χ1) is 30.6. The molecular formula is C42H82BrN9O15. The van der Waals surface area contributed by atoms with Crippen LogP contribution in [0.5, 0.6) is 0 Å². The number of nitrogens with one attached hydrogen (secondary N) is 8. The first kappa shape index (κ1) is 68.6. The van der Waals surface area contributed by atoms with Crippen LogP contribution in [-0.4, -0.2) is 160 Å². The Balaban J connectivity index is -0.000000424. The van der Waals surface area contributed by atoms with Crippen molar-refractivity contribution in [1.29, 1.82) is 0 Å². The lowest BCUT2D eigenvalue weighted by molar-refractivity contribution is -0.141. The summed E-state index contributed by atoms with van der Waals surface area (Å²) in [5, 5.41) is 45.7. The van der Waals surface area contributed by atoms with Gasteiger partial charge in [0.25, 0.3) is 0 Å². The molecule has 0 spiro atoms. The number of hydrogen-bond acceptors (Lipinski definition) is 15. The molecule has 0 fully saturated rings. The maximum absolute atomic E-state index is 11.9. The van der Waals surface area contributed by atoms with Gasteiger partial charge in [-0.2, -0.15) is 0 Å². The zero-order valence-electron chi connectivity index (χ0n) is 42.0. The first-order valence-corrected chi connectivity index (χ1v) is 22.9. The van der Waals surface area contributed by atoms with Gasteiger partial charge in [-0.3, -0.25) is 28.8 Å². The van der Waals surface area contributed by atoms with E-state index in [9.17, 15) is 43.2 Å². The summed E-state index contributed by atoms with van der Waals surface area (Å²) in [5.74, 6) is -3.29. The molecule has 0 aromatic carbocycles. The van der Waals surface area contributed by atoms with Crippen LogP contribution < -0.4 is 48.3 Å². The molecule has 8 amide bonds. The van der Waals surface area contributed by atoms with Gasteiger partial charge in [-0.25, -0.2) is 14.4 Å². The van der Waals surface area contributed by atoms with Crippen LogP contribution in [0.1, 0.15) is 123 Å². The topological polar surface area (TPSA) is 364 Å². The van der Waals surface area contributed by atoms with Gasteiger partial charge in [0.05, 0.1) is 0 Å². The zero-order valence-corrected chi connectivity index (χ0v) is 43.6. The number of carboxylic acid groups (broad SMARTS) is 1. The number of hydrogen-bond donors (Lipinski definition) is 12. The number of nitrogens with two attached hydrogens (primary N) is 1. The standard InChI is InChI=1S/C14H26BrN3O4.C14H27N3O5.C11H20N2O5.C3H9NO/c1-9(11(19)16-8-6-7-15)17-12(20)10(2)18-13(21)22-14(3,4)5;1-9(11(19)15-7-6-8-18)16-12(20)10(2)17-13(21)22-14(3,4)5;1-6(8(14)12-7(2)9(15)16)13-10(17)18-11(3,4)5;4-2-1-3-5/h9-10H,6-8H2,1-5H3,(H,16,19)(H,17,20)(H,18,21);9-10,18H,6-8H2,1-5H3,(H,15,19)(H,16,20)(H,17,21);6-7H,1-5H3,(H,12,14)(H,13,17)(H,15,16);5H,1-4H2/t2*9-,10-;6-,7-;/m000./s1. The van der Waals surface area contributed by atoms with Crippen molar-refractivity contribution in [1.82, 2.24) is 42.5 Å². The highest BCUT2D eigenvalue weighted by molar-refractivity contribution is 9.09.